The molecule has 118 valence electrons. The molecule has 0 bridgehead atoms. The second kappa shape index (κ2) is 5.89. The molecule has 0 spiro atoms. The molecular weight excluding hydrogens is 312 g/mol. The number of ether oxygens (including phenoxy) is 1. The van der Waals surface area contributed by atoms with E-state index in [1.165, 1.54) is 0 Å². The number of aromatic nitrogens is 1. The summed E-state index contributed by atoms with van der Waals surface area (Å²) >= 11 is 0. The number of rotatable bonds is 4. The standard InChI is InChI=1S/C17H16N2O3S/c1-12-5-10-16(15-4-3-11-18-17(12)15)23(20,21)19-13-6-8-14(22-2)9-7-13/h3-11,19H,1-2H3. The van der Waals surface area contributed by atoms with Crippen molar-refractivity contribution in [2.24, 2.45) is 0 Å². The van der Waals surface area contributed by atoms with Crippen molar-refractivity contribution < 1.29 is 13.2 Å². The average molecular weight is 328 g/mol. The summed E-state index contributed by atoms with van der Waals surface area (Å²) in [6.07, 6.45) is 1.66. The highest BCUT2D eigenvalue weighted by Gasteiger charge is 2.18. The van der Waals surface area contributed by atoms with Gasteiger partial charge in [0.1, 0.15) is 5.75 Å². The third kappa shape index (κ3) is 2.98. The van der Waals surface area contributed by atoms with Crippen LogP contribution in [0.3, 0.4) is 0 Å². The minimum atomic E-state index is -3.71. The summed E-state index contributed by atoms with van der Waals surface area (Å²) in [5.41, 5.74) is 2.09. The molecule has 0 radical (unpaired) electrons. The molecule has 3 aromatic rings. The fourth-order valence-electron chi connectivity index (χ4n) is 2.39. The Balaban J connectivity index is 2.04. The lowest BCUT2D eigenvalue weighted by atomic mass is 10.1. The van der Waals surface area contributed by atoms with Crippen LogP contribution in [0.4, 0.5) is 5.69 Å². The van der Waals surface area contributed by atoms with E-state index in [4.69, 9.17) is 4.74 Å². The number of aryl methyl sites for hydroxylation is 1. The zero-order chi connectivity index (χ0) is 16.4. The van der Waals surface area contributed by atoms with Crippen molar-refractivity contribution in [2.45, 2.75) is 11.8 Å². The molecule has 1 N–H and O–H groups in total. The van der Waals surface area contributed by atoms with Crippen LogP contribution < -0.4 is 9.46 Å². The summed E-state index contributed by atoms with van der Waals surface area (Å²) in [6.45, 7) is 1.91. The van der Waals surface area contributed by atoms with Gasteiger partial charge < -0.3 is 4.74 Å². The highest BCUT2D eigenvalue weighted by molar-refractivity contribution is 7.93. The quantitative estimate of drug-likeness (QED) is 0.797. The Kier molecular flexibility index (Phi) is 3.92. The summed E-state index contributed by atoms with van der Waals surface area (Å²) in [4.78, 5) is 4.49. The van der Waals surface area contributed by atoms with Crippen molar-refractivity contribution in [2.75, 3.05) is 11.8 Å². The molecule has 0 saturated carbocycles. The minimum absolute atomic E-state index is 0.210. The van der Waals surface area contributed by atoms with Crippen molar-refractivity contribution in [3.8, 4) is 5.75 Å². The smallest absolute Gasteiger partial charge is 0.262 e. The number of methoxy groups -OCH3 is 1. The van der Waals surface area contributed by atoms with Crippen molar-refractivity contribution in [3.05, 3.63) is 60.3 Å². The lowest BCUT2D eigenvalue weighted by Crippen LogP contribution is -2.13. The fourth-order valence-corrected chi connectivity index (χ4v) is 3.65. The number of anilines is 1. The monoisotopic (exact) mass is 328 g/mol. The number of sulfonamides is 1. The molecule has 0 aliphatic rings. The first-order chi connectivity index (χ1) is 11.0. The number of fused-ring (bicyclic) bond motifs is 1. The van der Waals surface area contributed by atoms with E-state index >= 15 is 0 Å². The third-order valence-corrected chi connectivity index (χ3v) is 5.00. The van der Waals surface area contributed by atoms with Crippen molar-refractivity contribution in [1.82, 2.24) is 4.98 Å². The summed E-state index contributed by atoms with van der Waals surface area (Å²) in [6, 6.07) is 13.6. The maximum absolute atomic E-state index is 12.7. The molecule has 0 saturated heterocycles. The first-order valence-electron chi connectivity index (χ1n) is 7.02. The molecule has 0 unspecified atom stereocenters. The number of nitrogens with one attached hydrogen (secondary N) is 1. The molecule has 0 aliphatic heterocycles. The zero-order valence-corrected chi connectivity index (χ0v) is 13.6. The van der Waals surface area contributed by atoms with Gasteiger partial charge in [-0.1, -0.05) is 6.07 Å². The first kappa shape index (κ1) is 15.3. The van der Waals surface area contributed by atoms with Gasteiger partial charge in [-0.15, -0.1) is 0 Å². The SMILES string of the molecule is COc1ccc(NS(=O)(=O)c2ccc(C)c3ncccc23)cc1. The molecule has 2 aromatic carbocycles. The van der Waals surface area contributed by atoms with E-state index in [-0.39, 0.29) is 4.90 Å². The molecule has 3 rings (SSSR count). The predicted molar refractivity (Wildman–Crippen MR) is 90.3 cm³/mol. The number of nitrogens with zero attached hydrogens (tertiary/aromatic N) is 1. The second-order valence-electron chi connectivity index (χ2n) is 5.11. The van der Waals surface area contributed by atoms with Crippen LogP contribution in [0.2, 0.25) is 0 Å². The average Bonchev–Trinajstić information content (AvgIpc) is 2.55. The summed E-state index contributed by atoms with van der Waals surface area (Å²) in [5.74, 6) is 0.665. The van der Waals surface area contributed by atoms with E-state index in [9.17, 15) is 8.42 Å². The summed E-state index contributed by atoms with van der Waals surface area (Å²) in [7, 11) is -2.15. The molecular formula is C17H16N2O3S. The van der Waals surface area contributed by atoms with Gasteiger partial charge in [0.25, 0.3) is 10.0 Å². The highest BCUT2D eigenvalue weighted by atomic mass is 32.2. The van der Waals surface area contributed by atoms with E-state index < -0.39 is 10.0 Å². The van der Waals surface area contributed by atoms with Gasteiger partial charge in [-0.3, -0.25) is 9.71 Å². The minimum Gasteiger partial charge on any atom is -0.497 e. The number of hydrogen-bond acceptors (Lipinski definition) is 4. The van der Waals surface area contributed by atoms with Crippen LogP contribution in [0, 0.1) is 6.92 Å². The molecule has 1 heterocycles. The largest absolute Gasteiger partial charge is 0.497 e. The van der Waals surface area contributed by atoms with Crippen LogP contribution in [-0.2, 0) is 10.0 Å². The number of pyridine rings is 1. The molecule has 0 fully saturated rings. The number of hydrogen-bond donors (Lipinski definition) is 1. The van der Waals surface area contributed by atoms with Crippen LogP contribution in [0.15, 0.2) is 59.6 Å². The Labute approximate surface area is 135 Å². The fraction of sp³-hybridized carbons (Fsp3) is 0.118. The summed E-state index contributed by atoms with van der Waals surface area (Å²) < 4.78 is 33.1. The van der Waals surface area contributed by atoms with E-state index in [0.29, 0.717) is 22.3 Å². The maximum atomic E-state index is 12.7. The Morgan fingerprint density at radius 3 is 2.48 bits per heavy atom. The van der Waals surface area contributed by atoms with Crippen LogP contribution in [0.5, 0.6) is 5.75 Å². The lowest BCUT2D eigenvalue weighted by molar-refractivity contribution is 0.415. The highest BCUT2D eigenvalue weighted by Crippen LogP contribution is 2.26. The van der Waals surface area contributed by atoms with E-state index in [1.807, 2.05) is 6.92 Å². The molecule has 1 aromatic heterocycles. The van der Waals surface area contributed by atoms with Crippen molar-refractivity contribution in [3.63, 3.8) is 0 Å². The lowest BCUT2D eigenvalue weighted by Gasteiger charge is -2.11. The van der Waals surface area contributed by atoms with Crippen molar-refractivity contribution >= 4 is 26.6 Å². The van der Waals surface area contributed by atoms with Gasteiger partial charge in [0, 0.05) is 17.3 Å². The van der Waals surface area contributed by atoms with Gasteiger partial charge >= 0.3 is 0 Å². The van der Waals surface area contributed by atoms with Crippen molar-refractivity contribution in [1.29, 1.82) is 0 Å². The third-order valence-electron chi connectivity index (χ3n) is 3.56. The van der Waals surface area contributed by atoms with Crippen LogP contribution in [-0.4, -0.2) is 20.5 Å². The molecule has 6 heteroatoms. The van der Waals surface area contributed by atoms with Gasteiger partial charge in [-0.2, -0.15) is 0 Å². The maximum Gasteiger partial charge on any atom is 0.262 e. The van der Waals surface area contributed by atoms with Gasteiger partial charge in [-0.25, -0.2) is 8.42 Å². The van der Waals surface area contributed by atoms with Gasteiger partial charge in [0.15, 0.2) is 0 Å². The Morgan fingerprint density at radius 1 is 1.04 bits per heavy atom. The van der Waals surface area contributed by atoms with E-state index in [1.54, 1.807) is 61.8 Å². The Morgan fingerprint density at radius 2 is 1.78 bits per heavy atom. The number of benzene rings is 2. The van der Waals surface area contributed by atoms with E-state index in [0.717, 1.165) is 5.56 Å². The van der Waals surface area contributed by atoms with Gasteiger partial charge in [0.05, 0.1) is 17.5 Å². The van der Waals surface area contributed by atoms with E-state index in [2.05, 4.69) is 9.71 Å². The Bertz CT molecular complexity index is 951. The molecule has 5 nitrogen and oxygen atoms in total. The van der Waals surface area contributed by atoms with Crippen LogP contribution in [0.1, 0.15) is 5.56 Å². The normalized spacial score (nSPS) is 11.4. The first-order valence-corrected chi connectivity index (χ1v) is 8.51. The Hall–Kier alpha value is -2.60. The van der Waals surface area contributed by atoms with Crippen LogP contribution in [0.25, 0.3) is 10.9 Å². The second-order valence-corrected chi connectivity index (χ2v) is 6.76. The molecule has 0 atom stereocenters. The molecule has 0 amide bonds. The summed E-state index contributed by atoms with van der Waals surface area (Å²) in [5, 5.41) is 0.605. The zero-order valence-electron chi connectivity index (χ0n) is 12.8. The predicted octanol–water partition coefficient (Wildman–Crippen LogP) is 3.35. The van der Waals surface area contributed by atoms with Gasteiger partial charge in [0.2, 0.25) is 0 Å². The van der Waals surface area contributed by atoms with Crippen LogP contribution >= 0.6 is 0 Å². The molecule has 23 heavy (non-hydrogen) atoms. The topological polar surface area (TPSA) is 68.3 Å². The van der Waals surface area contributed by atoms with Gasteiger partial charge in [-0.05, 0) is 55.0 Å². The molecule has 0 aliphatic carbocycles.